The molecule has 1 aromatic carbocycles. The van der Waals surface area contributed by atoms with Gasteiger partial charge in [-0.3, -0.25) is 0 Å². The molecular formula is C18H22BrNS. The molecule has 0 aliphatic heterocycles. The highest BCUT2D eigenvalue weighted by molar-refractivity contribution is 9.11. The van der Waals surface area contributed by atoms with Gasteiger partial charge in [-0.2, -0.15) is 0 Å². The fraction of sp³-hybridized carbons (Fsp3) is 0.444. The van der Waals surface area contributed by atoms with Crippen molar-refractivity contribution in [3.05, 3.63) is 56.7 Å². The summed E-state index contributed by atoms with van der Waals surface area (Å²) in [6.45, 7) is 0. The Morgan fingerprint density at radius 2 is 1.76 bits per heavy atom. The second-order valence-electron chi connectivity index (χ2n) is 6.10. The largest absolute Gasteiger partial charge is 0.327 e. The molecule has 0 amide bonds. The summed E-state index contributed by atoms with van der Waals surface area (Å²) in [5.74, 6) is 0. The molecule has 1 heterocycles. The van der Waals surface area contributed by atoms with E-state index in [0.717, 1.165) is 6.42 Å². The van der Waals surface area contributed by atoms with E-state index >= 15 is 0 Å². The number of nitrogens with two attached hydrogens (primary N) is 1. The molecule has 1 aromatic heterocycles. The third-order valence-electron chi connectivity index (χ3n) is 4.85. The van der Waals surface area contributed by atoms with Crippen LogP contribution >= 0.6 is 27.3 Å². The molecule has 3 rings (SSSR count). The minimum atomic E-state index is 0.163. The molecule has 1 atom stereocenters. The zero-order valence-electron chi connectivity index (χ0n) is 12.2. The summed E-state index contributed by atoms with van der Waals surface area (Å²) >= 11 is 5.36. The predicted octanol–water partition coefficient (Wildman–Crippen LogP) is 5.28. The van der Waals surface area contributed by atoms with E-state index in [4.69, 9.17) is 5.73 Å². The number of rotatable bonds is 4. The molecule has 0 saturated heterocycles. The summed E-state index contributed by atoms with van der Waals surface area (Å²) in [6.07, 6.45) is 7.39. The van der Waals surface area contributed by atoms with E-state index in [2.05, 4.69) is 58.4 Å². The van der Waals surface area contributed by atoms with Gasteiger partial charge in [0.05, 0.1) is 3.79 Å². The fourth-order valence-electron chi connectivity index (χ4n) is 3.70. The molecule has 2 aromatic rings. The summed E-state index contributed by atoms with van der Waals surface area (Å²) in [4.78, 5) is 1.38. The molecular weight excluding hydrogens is 342 g/mol. The Morgan fingerprint density at radius 1 is 1.05 bits per heavy atom. The number of thiophene rings is 1. The van der Waals surface area contributed by atoms with Crippen LogP contribution in [0.3, 0.4) is 0 Å². The quantitative estimate of drug-likeness (QED) is 0.785. The Hall–Kier alpha value is -0.640. The Labute approximate surface area is 139 Å². The molecule has 1 fully saturated rings. The summed E-state index contributed by atoms with van der Waals surface area (Å²) in [5, 5.41) is 0. The van der Waals surface area contributed by atoms with Crippen LogP contribution in [0.2, 0.25) is 0 Å². The third-order valence-corrected chi connectivity index (χ3v) is 6.50. The van der Waals surface area contributed by atoms with E-state index in [1.165, 1.54) is 46.3 Å². The first-order chi connectivity index (χ1) is 10.2. The lowest BCUT2D eigenvalue weighted by atomic mass is 9.64. The smallest absolute Gasteiger partial charge is 0.0701 e. The second-order valence-corrected chi connectivity index (χ2v) is 8.65. The molecule has 1 saturated carbocycles. The zero-order valence-corrected chi connectivity index (χ0v) is 14.6. The highest BCUT2D eigenvalue weighted by Crippen LogP contribution is 2.42. The second kappa shape index (κ2) is 6.64. The molecule has 3 heteroatoms. The number of halogens is 1. The minimum Gasteiger partial charge on any atom is -0.327 e. The van der Waals surface area contributed by atoms with Crippen LogP contribution in [0.25, 0.3) is 0 Å². The van der Waals surface area contributed by atoms with Crippen LogP contribution in [-0.2, 0) is 11.8 Å². The van der Waals surface area contributed by atoms with Crippen molar-refractivity contribution in [2.45, 2.75) is 50.0 Å². The van der Waals surface area contributed by atoms with Crippen molar-refractivity contribution >= 4 is 27.3 Å². The van der Waals surface area contributed by atoms with Gasteiger partial charge in [-0.05, 0) is 52.9 Å². The third kappa shape index (κ3) is 3.25. The summed E-state index contributed by atoms with van der Waals surface area (Å²) in [5.41, 5.74) is 8.35. The fourth-order valence-corrected chi connectivity index (χ4v) is 5.24. The molecule has 112 valence electrons. The number of hydrogen-bond acceptors (Lipinski definition) is 2. The Kier molecular flexibility index (Phi) is 4.82. The standard InChI is InChI=1S/C18H22BrNS/c19-17-10-9-15(21-17)13-16(20)18(11-5-2-6-12-18)14-7-3-1-4-8-14/h1,3-4,7-10,16H,2,5-6,11-13,20H2. The Balaban J connectivity index is 1.88. The van der Waals surface area contributed by atoms with Crippen molar-refractivity contribution in [3.63, 3.8) is 0 Å². The maximum Gasteiger partial charge on any atom is 0.0701 e. The normalized spacial score (nSPS) is 19.3. The summed E-state index contributed by atoms with van der Waals surface area (Å²) in [6, 6.07) is 15.5. The van der Waals surface area contributed by atoms with Crippen LogP contribution in [0.4, 0.5) is 0 Å². The van der Waals surface area contributed by atoms with Gasteiger partial charge in [-0.1, -0.05) is 49.6 Å². The molecule has 0 radical (unpaired) electrons. The van der Waals surface area contributed by atoms with Gasteiger partial charge in [0.2, 0.25) is 0 Å². The average Bonchev–Trinajstić information content (AvgIpc) is 2.94. The highest BCUT2D eigenvalue weighted by atomic mass is 79.9. The molecule has 1 aliphatic carbocycles. The van der Waals surface area contributed by atoms with Crippen molar-refractivity contribution in [1.82, 2.24) is 0 Å². The van der Waals surface area contributed by atoms with Gasteiger partial charge < -0.3 is 5.73 Å². The van der Waals surface area contributed by atoms with Crippen LogP contribution in [0, 0.1) is 0 Å². The van der Waals surface area contributed by atoms with Crippen molar-refractivity contribution in [3.8, 4) is 0 Å². The van der Waals surface area contributed by atoms with Gasteiger partial charge in [-0.25, -0.2) is 0 Å². The average molecular weight is 364 g/mol. The van der Waals surface area contributed by atoms with Gasteiger partial charge >= 0.3 is 0 Å². The minimum absolute atomic E-state index is 0.163. The van der Waals surface area contributed by atoms with Crippen LogP contribution < -0.4 is 5.73 Å². The van der Waals surface area contributed by atoms with Gasteiger partial charge in [0, 0.05) is 16.3 Å². The lowest BCUT2D eigenvalue weighted by Gasteiger charge is -2.42. The van der Waals surface area contributed by atoms with Crippen molar-refractivity contribution < 1.29 is 0 Å². The van der Waals surface area contributed by atoms with E-state index in [1.807, 2.05) is 11.3 Å². The van der Waals surface area contributed by atoms with Crippen LogP contribution in [-0.4, -0.2) is 6.04 Å². The van der Waals surface area contributed by atoms with Gasteiger partial charge in [0.25, 0.3) is 0 Å². The molecule has 0 bridgehead atoms. The maximum atomic E-state index is 6.75. The molecule has 2 N–H and O–H groups in total. The monoisotopic (exact) mass is 363 g/mol. The molecule has 21 heavy (non-hydrogen) atoms. The topological polar surface area (TPSA) is 26.0 Å². The van der Waals surface area contributed by atoms with Gasteiger partial charge in [-0.15, -0.1) is 11.3 Å². The van der Waals surface area contributed by atoms with E-state index < -0.39 is 0 Å². The van der Waals surface area contributed by atoms with Crippen LogP contribution in [0.5, 0.6) is 0 Å². The Bertz CT molecular complexity index is 572. The zero-order chi connectivity index (χ0) is 14.7. The predicted molar refractivity (Wildman–Crippen MR) is 94.9 cm³/mol. The molecule has 1 unspecified atom stereocenters. The van der Waals surface area contributed by atoms with E-state index in [-0.39, 0.29) is 11.5 Å². The maximum absolute atomic E-state index is 6.75. The first-order valence-corrected chi connectivity index (χ1v) is 9.37. The highest BCUT2D eigenvalue weighted by Gasteiger charge is 2.39. The van der Waals surface area contributed by atoms with E-state index in [0.29, 0.717) is 0 Å². The van der Waals surface area contributed by atoms with Crippen molar-refractivity contribution in [2.75, 3.05) is 0 Å². The first kappa shape index (κ1) is 15.3. The van der Waals surface area contributed by atoms with Crippen molar-refractivity contribution in [1.29, 1.82) is 0 Å². The van der Waals surface area contributed by atoms with Gasteiger partial charge in [0.1, 0.15) is 0 Å². The molecule has 1 aliphatic rings. The summed E-state index contributed by atoms with van der Waals surface area (Å²) in [7, 11) is 0. The lowest BCUT2D eigenvalue weighted by Crippen LogP contribution is -2.48. The SMILES string of the molecule is NC(Cc1ccc(Br)s1)C1(c2ccccc2)CCCCC1. The number of hydrogen-bond donors (Lipinski definition) is 1. The Morgan fingerprint density at radius 3 is 2.38 bits per heavy atom. The first-order valence-electron chi connectivity index (χ1n) is 7.76. The summed E-state index contributed by atoms with van der Waals surface area (Å²) < 4.78 is 1.20. The molecule has 1 nitrogen and oxygen atoms in total. The van der Waals surface area contributed by atoms with Crippen LogP contribution in [0.15, 0.2) is 46.3 Å². The number of benzene rings is 1. The van der Waals surface area contributed by atoms with Crippen molar-refractivity contribution in [2.24, 2.45) is 5.73 Å². The van der Waals surface area contributed by atoms with Crippen LogP contribution in [0.1, 0.15) is 42.5 Å². The van der Waals surface area contributed by atoms with E-state index in [9.17, 15) is 0 Å². The van der Waals surface area contributed by atoms with Gasteiger partial charge in [0.15, 0.2) is 0 Å². The lowest BCUT2D eigenvalue weighted by molar-refractivity contribution is 0.241. The van der Waals surface area contributed by atoms with E-state index in [1.54, 1.807) is 0 Å². The molecule has 0 spiro atoms.